The predicted octanol–water partition coefficient (Wildman–Crippen LogP) is 3.63. The highest BCUT2D eigenvalue weighted by molar-refractivity contribution is 7.89. The Morgan fingerprint density at radius 3 is 2.52 bits per heavy atom. The van der Waals surface area contributed by atoms with Gasteiger partial charge in [0.25, 0.3) is 0 Å². The fraction of sp³-hybridized carbons (Fsp3) is 0.182. The second kappa shape index (κ2) is 10.4. The molecule has 7 nitrogen and oxygen atoms in total. The Bertz CT molecular complexity index is 1140. The molecule has 2 aromatic carbocycles. The van der Waals surface area contributed by atoms with Crippen LogP contribution in [-0.2, 0) is 27.8 Å². The van der Waals surface area contributed by atoms with E-state index in [2.05, 4.69) is 4.98 Å². The van der Waals surface area contributed by atoms with Gasteiger partial charge < -0.3 is 9.84 Å². The first-order valence-electron chi connectivity index (χ1n) is 9.43. The van der Waals surface area contributed by atoms with E-state index in [-0.39, 0.29) is 31.0 Å². The van der Waals surface area contributed by atoms with Crippen molar-refractivity contribution < 1.29 is 23.1 Å². The summed E-state index contributed by atoms with van der Waals surface area (Å²) in [4.78, 5) is 15.2. The molecular weight excluding hydrogens is 440 g/mol. The highest BCUT2D eigenvalue weighted by atomic mass is 35.5. The number of aliphatic carboxylic acids is 1. The number of hydrogen-bond donors (Lipinski definition) is 1. The molecule has 0 aliphatic carbocycles. The molecule has 0 bridgehead atoms. The van der Waals surface area contributed by atoms with E-state index in [1.54, 1.807) is 54.6 Å². The Kier molecular flexibility index (Phi) is 7.62. The Hall–Kier alpha value is -2.94. The van der Waals surface area contributed by atoms with Crippen LogP contribution in [-0.4, -0.2) is 41.9 Å². The number of carboxylic acids is 1. The fourth-order valence-corrected chi connectivity index (χ4v) is 4.54. The molecule has 0 radical (unpaired) electrons. The number of halogens is 1. The number of carboxylic acid groups (broad SMARTS) is 1. The van der Waals surface area contributed by atoms with E-state index in [4.69, 9.17) is 16.3 Å². The summed E-state index contributed by atoms with van der Waals surface area (Å²) >= 11 is 5.96. The van der Waals surface area contributed by atoms with Crippen LogP contribution < -0.4 is 4.74 Å². The summed E-state index contributed by atoms with van der Waals surface area (Å²) in [7, 11) is -3.89. The Labute approximate surface area is 185 Å². The van der Waals surface area contributed by atoms with Gasteiger partial charge in [-0.25, -0.2) is 8.42 Å². The zero-order valence-corrected chi connectivity index (χ0v) is 18.1. The minimum atomic E-state index is -3.89. The molecule has 9 heteroatoms. The lowest BCUT2D eigenvalue weighted by Gasteiger charge is -2.23. The summed E-state index contributed by atoms with van der Waals surface area (Å²) in [5.74, 6) is -0.462. The average Bonchev–Trinajstić information content (AvgIpc) is 2.74. The minimum absolute atomic E-state index is 0.000410. The molecule has 1 aromatic heterocycles. The highest BCUT2D eigenvalue weighted by Crippen LogP contribution is 2.21. The van der Waals surface area contributed by atoms with Crippen molar-refractivity contribution in [3.05, 3.63) is 89.2 Å². The summed E-state index contributed by atoms with van der Waals surface area (Å²) in [6.45, 7) is 0.131. The molecule has 3 aromatic rings. The van der Waals surface area contributed by atoms with Gasteiger partial charge in [0, 0.05) is 30.5 Å². The van der Waals surface area contributed by atoms with Gasteiger partial charge in [0.1, 0.15) is 17.3 Å². The van der Waals surface area contributed by atoms with E-state index in [9.17, 15) is 18.3 Å². The average molecular weight is 461 g/mol. The molecule has 0 unspecified atom stereocenters. The van der Waals surface area contributed by atoms with Crippen molar-refractivity contribution in [2.45, 2.75) is 17.9 Å². The van der Waals surface area contributed by atoms with E-state index in [0.717, 1.165) is 0 Å². The zero-order valence-electron chi connectivity index (χ0n) is 16.5. The van der Waals surface area contributed by atoms with Crippen LogP contribution in [0.5, 0.6) is 5.75 Å². The smallest absolute Gasteiger partial charge is 0.307 e. The summed E-state index contributed by atoms with van der Waals surface area (Å²) in [6, 6.07) is 16.7. The lowest BCUT2D eigenvalue weighted by molar-refractivity contribution is -0.136. The minimum Gasteiger partial charge on any atom is -0.492 e. The molecular formula is C22H21ClN2O5S. The van der Waals surface area contributed by atoms with Crippen LogP contribution in [0.25, 0.3) is 0 Å². The van der Waals surface area contributed by atoms with Crippen molar-refractivity contribution in [3.8, 4) is 5.75 Å². The molecule has 0 saturated heterocycles. The molecule has 0 atom stereocenters. The number of carbonyl (C=O) groups is 1. The first kappa shape index (κ1) is 22.7. The van der Waals surface area contributed by atoms with Gasteiger partial charge in [0.2, 0.25) is 10.0 Å². The van der Waals surface area contributed by atoms with E-state index < -0.39 is 16.0 Å². The highest BCUT2D eigenvalue weighted by Gasteiger charge is 2.26. The van der Waals surface area contributed by atoms with E-state index >= 15 is 0 Å². The van der Waals surface area contributed by atoms with Crippen molar-refractivity contribution >= 4 is 27.6 Å². The molecule has 0 aliphatic heterocycles. The predicted molar refractivity (Wildman–Crippen MR) is 117 cm³/mol. The van der Waals surface area contributed by atoms with Gasteiger partial charge in [-0.1, -0.05) is 41.9 Å². The van der Waals surface area contributed by atoms with Crippen LogP contribution in [0.2, 0.25) is 5.02 Å². The molecule has 0 saturated carbocycles. The number of rotatable bonds is 10. The molecule has 3 rings (SSSR count). The normalized spacial score (nSPS) is 11.4. The third-order valence-corrected chi connectivity index (χ3v) is 6.55. The zero-order chi connectivity index (χ0) is 22.3. The van der Waals surface area contributed by atoms with Crippen molar-refractivity contribution in [1.29, 1.82) is 0 Å². The number of sulfonamides is 1. The number of hydrogen-bond acceptors (Lipinski definition) is 5. The summed E-state index contributed by atoms with van der Waals surface area (Å²) in [5, 5.41) is 9.70. The molecule has 1 N–H and O–H groups in total. The maximum atomic E-state index is 13.3. The number of nitrogens with zero attached hydrogens (tertiary/aromatic N) is 2. The molecule has 0 spiro atoms. The molecule has 162 valence electrons. The van der Waals surface area contributed by atoms with Gasteiger partial charge in [0.15, 0.2) is 0 Å². The standard InChI is InChI=1S/C22H21ClN2O5S/c23-19-7-3-8-20(14-19)30-12-11-25(31(28,29)21-9-4-10-24-15-21)16-18-6-2-1-5-17(18)13-22(26)27/h1-10,14-15H,11-13,16H2,(H,26,27). The summed E-state index contributed by atoms with van der Waals surface area (Å²) in [6.07, 6.45) is 2.58. The van der Waals surface area contributed by atoms with Crippen LogP contribution in [0.3, 0.4) is 0 Å². The lowest BCUT2D eigenvalue weighted by atomic mass is 10.0. The van der Waals surface area contributed by atoms with Gasteiger partial charge >= 0.3 is 5.97 Å². The molecule has 1 heterocycles. The number of pyridine rings is 1. The number of ether oxygens (including phenoxy) is 1. The van der Waals surface area contributed by atoms with Crippen molar-refractivity contribution in [1.82, 2.24) is 9.29 Å². The van der Waals surface area contributed by atoms with Gasteiger partial charge in [0.05, 0.1) is 6.42 Å². The van der Waals surface area contributed by atoms with Gasteiger partial charge in [-0.3, -0.25) is 9.78 Å². The molecule has 0 amide bonds. The number of aromatic nitrogens is 1. The SMILES string of the molecule is O=C(O)Cc1ccccc1CN(CCOc1cccc(Cl)c1)S(=O)(=O)c1cccnc1. The maximum Gasteiger partial charge on any atom is 0.307 e. The second-order valence-corrected chi connectivity index (χ2v) is 9.05. The van der Waals surface area contributed by atoms with Crippen LogP contribution in [0, 0.1) is 0 Å². The lowest BCUT2D eigenvalue weighted by Crippen LogP contribution is -2.34. The third-order valence-electron chi connectivity index (χ3n) is 4.48. The van der Waals surface area contributed by atoms with Gasteiger partial charge in [-0.2, -0.15) is 4.31 Å². The molecule has 0 fully saturated rings. The van der Waals surface area contributed by atoms with Gasteiger partial charge in [-0.05, 0) is 41.5 Å². The Balaban J connectivity index is 1.85. The van der Waals surface area contributed by atoms with Crippen molar-refractivity contribution in [3.63, 3.8) is 0 Å². The molecule has 0 aliphatic rings. The Morgan fingerprint density at radius 2 is 1.84 bits per heavy atom. The quantitative estimate of drug-likeness (QED) is 0.496. The monoisotopic (exact) mass is 460 g/mol. The van der Waals surface area contributed by atoms with Crippen LogP contribution in [0.4, 0.5) is 0 Å². The maximum absolute atomic E-state index is 13.3. The van der Waals surface area contributed by atoms with Crippen LogP contribution in [0.1, 0.15) is 11.1 Å². The van der Waals surface area contributed by atoms with Gasteiger partial charge in [-0.15, -0.1) is 0 Å². The van der Waals surface area contributed by atoms with Crippen LogP contribution in [0.15, 0.2) is 78.0 Å². The Morgan fingerprint density at radius 1 is 1.06 bits per heavy atom. The molecule has 31 heavy (non-hydrogen) atoms. The van der Waals surface area contributed by atoms with E-state index in [1.807, 2.05) is 0 Å². The number of benzene rings is 2. The largest absolute Gasteiger partial charge is 0.492 e. The third kappa shape index (κ3) is 6.27. The first-order chi connectivity index (χ1) is 14.9. The second-order valence-electron chi connectivity index (χ2n) is 6.67. The summed E-state index contributed by atoms with van der Waals surface area (Å²) < 4.78 is 33.5. The van der Waals surface area contributed by atoms with E-state index in [1.165, 1.54) is 22.8 Å². The topological polar surface area (TPSA) is 96.8 Å². The van der Waals surface area contributed by atoms with E-state index in [0.29, 0.717) is 21.9 Å². The fourth-order valence-electron chi connectivity index (χ4n) is 2.99. The summed E-state index contributed by atoms with van der Waals surface area (Å²) in [5.41, 5.74) is 1.16. The van der Waals surface area contributed by atoms with Crippen molar-refractivity contribution in [2.75, 3.05) is 13.2 Å². The van der Waals surface area contributed by atoms with Crippen LogP contribution >= 0.6 is 11.6 Å². The first-order valence-corrected chi connectivity index (χ1v) is 11.2. The van der Waals surface area contributed by atoms with Crippen molar-refractivity contribution in [2.24, 2.45) is 0 Å².